The van der Waals surface area contributed by atoms with Crippen LogP contribution in [0.15, 0.2) is 12.1 Å². The third kappa shape index (κ3) is 4.55. The Kier molecular flexibility index (Phi) is 5.96. The molecule has 0 aromatic heterocycles. The van der Waals surface area contributed by atoms with E-state index >= 15 is 0 Å². The molecule has 0 saturated carbocycles. The Morgan fingerprint density at radius 1 is 1.06 bits per heavy atom. The average molecular weight is 260 g/mol. The number of benzene rings is 1. The van der Waals surface area contributed by atoms with E-state index in [1.54, 1.807) is 0 Å². The molecule has 1 aromatic carbocycles. The molecule has 1 rings (SSSR count). The number of carbonyl (C=O) groups is 2. The van der Waals surface area contributed by atoms with Crippen LogP contribution in [0.4, 0.5) is 0 Å². The quantitative estimate of drug-likeness (QED) is 0.151. The molecule has 0 heterocycles. The third-order valence-electron chi connectivity index (χ3n) is 1.69. The van der Waals surface area contributed by atoms with E-state index in [1.165, 1.54) is 12.1 Å². The molecule has 0 aliphatic carbocycles. The van der Waals surface area contributed by atoms with E-state index in [1.807, 2.05) is 0 Å². The number of rotatable bonds is 2. The number of hydrazine groups is 1. The molecule has 0 fully saturated rings. The van der Waals surface area contributed by atoms with Gasteiger partial charge in [-0.3, -0.25) is 11.3 Å². The lowest BCUT2D eigenvalue weighted by molar-refractivity contribution is -0.159. The fourth-order valence-electron chi connectivity index (χ4n) is 0.863. The molecule has 9 nitrogen and oxygen atoms in total. The lowest BCUT2D eigenvalue weighted by Crippen LogP contribution is -2.20. The number of nitrogens with two attached hydrogens (primary N) is 1. The molecule has 0 aliphatic heterocycles. The maximum Gasteiger partial charge on any atom is 0.414 e. The summed E-state index contributed by atoms with van der Waals surface area (Å²) in [5.41, 5.74) is 2.74. The number of phenolic OH excluding ortho intramolecular Hbond substituents is 3. The van der Waals surface area contributed by atoms with Gasteiger partial charge < -0.3 is 25.5 Å². The van der Waals surface area contributed by atoms with Gasteiger partial charge in [-0.1, -0.05) is 6.07 Å². The number of hydrogen-bond donors (Lipinski definition) is 7. The van der Waals surface area contributed by atoms with E-state index in [2.05, 4.69) is 5.43 Å². The molecule has 0 atom stereocenters. The topological polar surface area (TPSA) is 173 Å². The van der Waals surface area contributed by atoms with Crippen LogP contribution in [0, 0.1) is 0 Å². The highest BCUT2D eigenvalue weighted by Crippen LogP contribution is 2.36. The molecule has 0 spiro atoms. The van der Waals surface area contributed by atoms with Crippen molar-refractivity contribution in [1.82, 2.24) is 5.43 Å². The SMILES string of the molecule is NNCc1ccc(O)c(O)c1O.O=C(O)C(=O)O. The number of phenols is 3. The summed E-state index contributed by atoms with van der Waals surface area (Å²) in [6, 6.07) is 2.74. The first-order chi connectivity index (χ1) is 8.31. The molecule has 0 amide bonds. The van der Waals surface area contributed by atoms with Crippen LogP contribution in [0.1, 0.15) is 5.56 Å². The van der Waals surface area contributed by atoms with Crippen molar-refractivity contribution < 1.29 is 35.1 Å². The van der Waals surface area contributed by atoms with Crippen LogP contribution in [0.2, 0.25) is 0 Å². The highest BCUT2D eigenvalue weighted by atomic mass is 16.4. The van der Waals surface area contributed by atoms with E-state index in [-0.39, 0.29) is 18.0 Å². The number of aromatic hydroxyl groups is 3. The van der Waals surface area contributed by atoms with Crippen LogP contribution < -0.4 is 11.3 Å². The minimum Gasteiger partial charge on any atom is -0.504 e. The highest BCUT2D eigenvalue weighted by molar-refractivity contribution is 6.27. The Morgan fingerprint density at radius 3 is 1.94 bits per heavy atom. The number of hydrogen-bond acceptors (Lipinski definition) is 7. The molecule has 0 saturated heterocycles. The van der Waals surface area contributed by atoms with Crippen molar-refractivity contribution in [2.45, 2.75) is 6.54 Å². The van der Waals surface area contributed by atoms with Gasteiger partial charge in [-0.05, 0) is 6.07 Å². The van der Waals surface area contributed by atoms with Crippen molar-refractivity contribution in [2.24, 2.45) is 5.84 Å². The second-order valence-electron chi connectivity index (χ2n) is 2.93. The summed E-state index contributed by atoms with van der Waals surface area (Å²) in [6.07, 6.45) is 0. The summed E-state index contributed by atoms with van der Waals surface area (Å²) < 4.78 is 0. The van der Waals surface area contributed by atoms with Gasteiger partial charge in [0.15, 0.2) is 11.5 Å². The van der Waals surface area contributed by atoms with Crippen LogP contribution in [0.3, 0.4) is 0 Å². The first kappa shape index (κ1) is 15.5. The van der Waals surface area contributed by atoms with Crippen LogP contribution in [-0.2, 0) is 16.1 Å². The average Bonchev–Trinajstić information content (AvgIpc) is 2.31. The zero-order chi connectivity index (χ0) is 14.3. The van der Waals surface area contributed by atoms with Crippen molar-refractivity contribution in [1.29, 1.82) is 0 Å². The van der Waals surface area contributed by atoms with Gasteiger partial charge in [0.2, 0.25) is 5.75 Å². The predicted octanol–water partition coefficient (Wildman–Crippen LogP) is -1.08. The fraction of sp³-hybridized carbons (Fsp3) is 0.111. The second-order valence-corrected chi connectivity index (χ2v) is 2.93. The molecule has 0 radical (unpaired) electrons. The monoisotopic (exact) mass is 260 g/mol. The normalized spacial score (nSPS) is 9.17. The molecular formula is C9H12N2O7. The van der Waals surface area contributed by atoms with Crippen LogP contribution >= 0.6 is 0 Å². The Morgan fingerprint density at radius 2 is 1.56 bits per heavy atom. The summed E-state index contributed by atoms with van der Waals surface area (Å²) >= 11 is 0. The minimum atomic E-state index is -1.82. The Balaban J connectivity index is 0.000000411. The van der Waals surface area contributed by atoms with Gasteiger partial charge in [0.05, 0.1) is 0 Å². The van der Waals surface area contributed by atoms with Crippen LogP contribution in [-0.4, -0.2) is 37.5 Å². The molecule has 1 aromatic rings. The number of carboxylic acids is 2. The van der Waals surface area contributed by atoms with Crippen molar-refractivity contribution in [3.05, 3.63) is 17.7 Å². The van der Waals surface area contributed by atoms with Crippen molar-refractivity contribution in [3.8, 4) is 17.2 Å². The van der Waals surface area contributed by atoms with Gasteiger partial charge in [0.25, 0.3) is 0 Å². The standard InChI is InChI=1S/C7H10N2O3.C2H2O4/c8-9-3-4-1-2-5(10)7(12)6(4)11;3-1(4)2(5)6/h1-2,9-12H,3,8H2;(H,3,4)(H,5,6). The van der Waals surface area contributed by atoms with Crippen LogP contribution in [0.25, 0.3) is 0 Å². The predicted molar refractivity (Wildman–Crippen MR) is 57.7 cm³/mol. The van der Waals surface area contributed by atoms with E-state index in [0.717, 1.165) is 0 Å². The van der Waals surface area contributed by atoms with Gasteiger partial charge in [-0.15, -0.1) is 0 Å². The summed E-state index contributed by atoms with van der Waals surface area (Å²) in [5, 5.41) is 42.0. The molecule has 0 unspecified atom stereocenters. The molecule has 9 heteroatoms. The van der Waals surface area contributed by atoms with E-state index < -0.39 is 17.7 Å². The van der Waals surface area contributed by atoms with E-state index in [0.29, 0.717) is 5.56 Å². The summed E-state index contributed by atoms with van der Waals surface area (Å²) in [6.45, 7) is 0.222. The smallest absolute Gasteiger partial charge is 0.414 e. The Labute approximate surface area is 101 Å². The lowest BCUT2D eigenvalue weighted by Gasteiger charge is -2.05. The zero-order valence-electron chi connectivity index (χ0n) is 8.99. The van der Waals surface area contributed by atoms with Crippen molar-refractivity contribution >= 4 is 11.9 Å². The summed E-state index contributed by atoms with van der Waals surface area (Å²) in [4.78, 5) is 18.2. The van der Waals surface area contributed by atoms with Crippen LogP contribution in [0.5, 0.6) is 17.2 Å². The molecule has 8 N–H and O–H groups in total. The van der Waals surface area contributed by atoms with Gasteiger partial charge in [-0.2, -0.15) is 0 Å². The second kappa shape index (κ2) is 6.93. The summed E-state index contributed by atoms with van der Waals surface area (Å²) in [7, 11) is 0. The molecular weight excluding hydrogens is 248 g/mol. The largest absolute Gasteiger partial charge is 0.504 e. The molecule has 0 bridgehead atoms. The van der Waals surface area contributed by atoms with Crippen molar-refractivity contribution in [2.75, 3.05) is 0 Å². The number of aliphatic carboxylic acids is 2. The maximum atomic E-state index is 9.20. The highest BCUT2D eigenvalue weighted by Gasteiger charge is 2.09. The fourth-order valence-corrected chi connectivity index (χ4v) is 0.863. The van der Waals surface area contributed by atoms with Crippen molar-refractivity contribution in [3.63, 3.8) is 0 Å². The minimum absolute atomic E-state index is 0.222. The van der Waals surface area contributed by atoms with Gasteiger partial charge >= 0.3 is 11.9 Å². The van der Waals surface area contributed by atoms with E-state index in [9.17, 15) is 5.11 Å². The lowest BCUT2D eigenvalue weighted by atomic mass is 10.2. The first-order valence-electron chi connectivity index (χ1n) is 4.43. The Bertz CT molecular complexity index is 435. The van der Waals surface area contributed by atoms with Gasteiger partial charge in [0, 0.05) is 12.1 Å². The number of carboxylic acid groups (broad SMARTS) is 2. The first-order valence-corrected chi connectivity index (χ1v) is 4.43. The molecule has 100 valence electrons. The number of nitrogens with one attached hydrogen (secondary N) is 1. The van der Waals surface area contributed by atoms with E-state index in [4.69, 9.17) is 35.9 Å². The Hall–Kier alpha value is -2.52. The molecule has 0 aliphatic rings. The maximum absolute atomic E-state index is 9.20. The zero-order valence-corrected chi connectivity index (χ0v) is 8.99. The van der Waals surface area contributed by atoms with Gasteiger partial charge in [-0.25, -0.2) is 9.59 Å². The third-order valence-corrected chi connectivity index (χ3v) is 1.69. The van der Waals surface area contributed by atoms with Gasteiger partial charge in [0.1, 0.15) is 0 Å². The summed E-state index contributed by atoms with van der Waals surface area (Å²) in [5.74, 6) is 0.132. The molecule has 18 heavy (non-hydrogen) atoms.